The molecule has 0 radical (unpaired) electrons. The SMILES string of the molecule is N#Cc1ccc(-c2cnc3cnc(-c4cccc(N)c4)cn23)cc1. The van der Waals surface area contributed by atoms with E-state index < -0.39 is 0 Å². The van der Waals surface area contributed by atoms with Crippen LogP contribution in [0.25, 0.3) is 28.2 Å². The Hall–Kier alpha value is -3.65. The third kappa shape index (κ3) is 2.36. The minimum absolute atomic E-state index is 0.634. The Morgan fingerprint density at radius 1 is 0.958 bits per heavy atom. The molecular formula is C19H13N5. The molecule has 0 atom stereocenters. The lowest BCUT2D eigenvalue weighted by atomic mass is 10.1. The highest BCUT2D eigenvalue weighted by molar-refractivity contribution is 5.68. The molecular weight excluding hydrogens is 298 g/mol. The van der Waals surface area contributed by atoms with Gasteiger partial charge in [-0.05, 0) is 24.3 Å². The summed E-state index contributed by atoms with van der Waals surface area (Å²) in [5.74, 6) is 0. The molecule has 0 aliphatic carbocycles. The van der Waals surface area contributed by atoms with Crippen LogP contribution in [-0.2, 0) is 0 Å². The molecule has 2 aromatic carbocycles. The number of imidazole rings is 1. The molecule has 0 saturated heterocycles. The molecule has 0 saturated carbocycles. The predicted octanol–water partition coefficient (Wildman–Crippen LogP) is 3.52. The van der Waals surface area contributed by atoms with Gasteiger partial charge in [-0.2, -0.15) is 5.26 Å². The first-order valence-electron chi connectivity index (χ1n) is 7.44. The standard InChI is InChI=1S/C19H13N5/c20-9-13-4-6-14(7-5-13)18-10-23-19-11-22-17(12-24(18)19)15-2-1-3-16(21)8-15/h1-8,10-12H,21H2. The van der Waals surface area contributed by atoms with Crippen LogP contribution >= 0.6 is 0 Å². The van der Waals surface area contributed by atoms with Crippen molar-refractivity contribution in [2.45, 2.75) is 0 Å². The largest absolute Gasteiger partial charge is 0.399 e. The number of benzene rings is 2. The Morgan fingerprint density at radius 2 is 1.79 bits per heavy atom. The maximum Gasteiger partial charge on any atom is 0.155 e. The fourth-order valence-electron chi connectivity index (χ4n) is 2.67. The van der Waals surface area contributed by atoms with Crippen LogP contribution in [0.2, 0.25) is 0 Å². The Morgan fingerprint density at radius 3 is 2.54 bits per heavy atom. The fraction of sp³-hybridized carbons (Fsp3) is 0. The number of fused-ring (bicyclic) bond motifs is 1. The van der Waals surface area contributed by atoms with Crippen molar-refractivity contribution in [3.05, 3.63) is 72.7 Å². The lowest BCUT2D eigenvalue weighted by Crippen LogP contribution is -1.94. The second kappa shape index (κ2) is 5.52. The van der Waals surface area contributed by atoms with Crippen molar-refractivity contribution in [3.63, 3.8) is 0 Å². The Kier molecular flexibility index (Phi) is 3.22. The van der Waals surface area contributed by atoms with E-state index in [1.807, 2.05) is 53.2 Å². The van der Waals surface area contributed by atoms with Gasteiger partial charge in [0, 0.05) is 23.0 Å². The van der Waals surface area contributed by atoms with Crippen LogP contribution in [-0.4, -0.2) is 14.4 Å². The number of rotatable bonds is 2. The lowest BCUT2D eigenvalue weighted by molar-refractivity contribution is 1.13. The monoisotopic (exact) mass is 311 g/mol. The van der Waals surface area contributed by atoms with Gasteiger partial charge < -0.3 is 5.73 Å². The first-order chi connectivity index (χ1) is 11.7. The number of nitrogens with zero attached hydrogens (tertiary/aromatic N) is 4. The predicted molar refractivity (Wildman–Crippen MR) is 93.0 cm³/mol. The van der Waals surface area contributed by atoms with Gasteiger partial charge in [-0.15, -0.1) is 0 Å². The van der Waals surface area contributed by atoms with Gasteiger partial charge >= 0.3 is 0 Å². The van der Waals surface area contributed by atoms with Crippen molar-refractivity contribution < 1.29 is 0 Å². The first kappa shape index (κ1) is 14.0. The van der Waals surface area contributed by atoms with Gasteiger partial charge in [0.05, 0.1) is 35.4 Å². The second-order valence-electron chi connectivity index (χ2n) is 5.46. The van der Waals surface area contributed by atoms with Crippen LogP contribution in [0.3, 0.4) is 0 Å². The molecule has 0 unspecified atom stereocenters. The van der Waals surface area contributed by atoms with Crippen LogP contribution in [0.1, 0.15) is 5.56 Å². The second-order valence-corrected chi connectivity index (χ2v) is 5.46. The number of aromatic nitrogens is 3. The summed E-state index contributed by atoms with van der Waals surface area (Å²) in [6.07, 6.45) is 5.50. The van der Waals surface area contributed by atoms with E-state index in [-0.39, 0.29) is 0 Å². The number of nitrogens with two attached hydrogens (primary N) is 1. The maximum atomic E-state index is 8.93. The molecule has 5 nitrogen and oxygen atoms in total. The van der Waals surface area contributed by atoms with E-state index in [1.54, 1.807) is 18.3 Å². The summed E-state index contributed by atoms with van der Waals surface area (Å²) in [6, 6.07) is 17.2. The summed E-state index contributed by atoms with van der Waals surface area (Å²) in [6.45, 7) is 0. The minimum Gasteiger partial charge on any atom is -0.399 e. The zero-order valence-electron chi connectivity index (χ0n) is 12.7. The molecule has 4 rings (SSSR count). The zero-order valence-corrected chi connectivity index (χ0v) is 12.7. The Balaban J connectivity index is 1.85. The number of hydrogen-bond donors (Lipinski definition) is 1. The first-order valence-corrected chi connectivity index (χ1v) is 7.44. The van der Waals surface area contributed by atoms with Crippen LogP contribution in [0, 0.1) is 11.3 Å². The Bertz CT molecular complexity index is 1070. The highest BCUT2D eigenvalue weighted by atomic mass is 15.0. The number of hydrogen-bond acceptors (Lipinski definition) is 4. The summed E-state index contributed by atoms with van der Waals surface area (Å²) in [5.41, 5.74) is 11.7. The van der Waals surface area contributed by atoms with Crippen molar-refractivity contribution in [1.82, 2.24) is 14.4 Å². The minimum atomic E-state index is 0.634. The maximum absolute atomic E-state index is 8.93. The quantitative estimate of drug-likeness (QED) is 0.574. The Labute approximate surface area is 138 Å². The third-order valence-corrected chi connectivity index (χ3v) is 3.89. The normalized spacial score (nSPS) is 10.6. The topological polar surface area (TPSA) is 80.0 Å². The molecule has 2 N–H and O–H groups in total. The average molecular weight is 311 g/mol. The summed E-state index contributed by atoms with van der Waals surface area (Å²) in [7, 11) is 0. The van der Waals surface area contributed by atoms with Crippen LogP contribution in [0.5, 0.6) is 0 Å². The molecule has 0 fully saturated rings. The molecule has 114 valence electrons. The van der Waals surface area contributed by atoms with Crippen LogP contribution < -0.4 is 5.73 Å². The highest BCUT2D eigenvalue weighted by Crippen LogP contribution is 2.24. The van der Waals surface area contributed by atoms with Crippen LogP contribution in [0.4, 0.5) is 5.69 Å². The molecule has 24 heavy (non-hydrogen) atoms. The smallest absolute Gasteiger partial charge is 0.155 e. The third-order valence-electron chi connectivity index (χ3n) is 3.89. The number of nitrogen functional groups attached to an aromatic ring is 1. The molecule has 0 aliphatic rings. The molecule has 5 heteroatoms. The number of nitriles is 1. The summed E-state index contributed by atoms with van der Waals surface area (Å²) in [4.78, 5) is 8.87. The summed E-state index contributed by atoms with van der Waals surface area (Å²) in [5, 5.41) is 8.93. The van der Waals surface area contributed by atoms with Gasteiger partial charge in [0.2, 0.25) is 0 Å². The van der Waals surface area contributed by atoms with Gasteiger partial charge in [0.15, 0.2) is 5.65 Å². The average Bonchev–Trinajstić information content (AvgIpc) is 3.05. The van der Waals surface area contributed by atoms with E-state index in [1.165, 1.54) is 0 Å². The van der Waals surface area contributed by atoms with E-state index in [9.17, 15) is 0 Å². The van der Waals surface area contributed by atoms with Crippen molar-refractivity contribution in [3.8, 4) is 28.6 Å². The summed E-state index contributed by atoms with van der Waals surface area (Å²) < 4.78 is 1.99. The van der Waals surface area contributed by atoms with Gasteiger partial charge in [0.25, 0.3) is 0 Å². The molecule has 0 amide bonds. The van der Waals surface area contributed by atoms with Crippen molar-refractivity contribution in [2.24, 2.45) is 0 Å². The molecule has 4 aromatic rings. The molecule has 0 aliphatic heterocycles. The zero-order chi connectivity index (χ0) is 16.5. The van der Waals surface area contributed by atoms with Gasteiger partial charge in [-0.1, -0.05) is 24.3 Å². The molecule has 2 heterocycles. The molecule has 2 aromatic heterocycles. The van der Waals surface area contributed by atoms with Crippen molar-refractivity contribution in [2.75, 3.05) is 5.73 Å². The van der Waals surface area contributed by atoms with Crippen LogP contribution in [0.15, 0.2) is 67.1 Å². The molecule has 0 spiro atoms. The number of anilines is 1. The van der Waals surface area contributed by atoms with Gasteiger partial charge in [0.1, 0.15) is 0 Å². The van der Waals surface area contributed by atoms with Gasteiger partial charge in [-0.3, -0.25) is 9.38 Å². The fourth-order valence-corrected chi connectivity index (χ4v) is 2.67. The van der Waals surface area contributed by atoms with E-state index >= 15 is 0 Å². The van der Waals surface area contributed by atoms with E-state index in [4.69, 9.17) is 11.0 Å². The van der Waals surface area contributed by atoms with E-state index in [0.717, 1.165) is 28.2 Å². The van der Waals surface area contributed by atoms with Gasteiger partial charge in [-0.25, -0.2) is 4.98 Å². The molecule has 0 bridgehead atoms. The lowest BCUT2D eigenvalue weighted by Gasteiger charge is -2.06. The highest BCUT2D eigenvalue weighted by Gasteiger charge is 2.08. The van der Waals surface area contributed by atoms with E-state index in [0.29, 0.717) is 11.3 Å². The summed E-state index contributed by atoms with van der Waals surface area (Å²) >= 11 is 0. The van der Waals surface area contributed by atoms with E-state index in [2.05, 4.69) is 16.0 Å². The van der Waals surface area contributed by atoms with Crippen molar-refractivity contribution in [1.29, 1.82) is 5.26 Å². The van der Waals surface area contributed by atoms with Crippen molar-refractivity contribution >= 4 is 11.3 Å².